The summed E-state index contributed by atoms with van der Waals surface area (Å²) in [7, 11) is 0. The van der Waals surface area contributed by atoms with Gasteiger partial charge in [-0.2, -0.15) is 13.2 Å². The number of hydrogen-bond donors (Lipinski definition) is 1. The molecular weight excluding hydrogens is 271 g/mol. The molecule has 0 fully saturated rings. The molecule has 2 aromatic carbocycles. The first-order valence-electron chi connectivity index (χ1n) is 5.61. The second-order valence-electron chi connectivity index (χ2n) is 3.94. The predicted molar refractivity (Wildman–Crippen MR) is 67.3 cm³/mol. The summed E-state index contributed by atoms with van der Waals surface area (Å²) in [6, 6.07) is 11.0. The fourth-order valence-electron chi connectivity index (χ4n) is 1.54. The van der Waals surface area contributed by atoms with Crippen LogP contribution in [-0.2, 0) is 6.18 Å². The first-order chi connectivity index (χ1) is 9.49. The molecule has 0 aromatic heterocycles. The fourth-order valence-corrected chi connectivity index (χ4v) is 1.54. The summed E-state index contributed by atoms with van der Waals surface area (Å²) < 4.78 is 42.6. The van der Waals surface area contributed by atoms with Crippen LogP contribution >= 0.6 is 0 Å². The SMILES string of the molecule is ON=Cc1ccc(Oc2ccc(C(F)(F)F)cc2)cc1. The highest BCUT2D eigenvalue weighted by Gasteiger charge is 2.29. The smallest absolute Gasteiger partial charge is 0.416 e. The van der Waals surface area contributed by atoms with Crippen LogP contribution in [0, 0.1) is 0 Å². The van der Waals surface area contributed by atoms with Gasteiger partial charge in [-0.05, 0) is 54.1 Å². The van der Waals surface area contributed by atoms with Crippen LogP contribution in [0.1, 0.15) is 11.1 Å². The summed E-state index contributed by atoms with van der Waals surface area (Å²) in [5.74, 6) is 0.779. The van der Waals surface area contributed by atoms with Gasteiger partial charge in [0, 0.05) is 0 Å². The lowest BCUT2D eigenvalue weighted by Gasteiger charge is -2.09. The molecule has 1 N–H and O–H groups in total. The van der Waals surface area contributed by atoms with Crippen LogP contribution < -0.4 is 4.74 Å². The molecule has 0 bridgehead atoms. The van der Waals surface area contributed by atoms with Gasteiger partial charge in [-0.15, -0.1) is 0 Å². The maximum absolute atomic E-state index is 12.4. The van der Waals surface area contributed by atoms with Gasteiger partial charge in [-0.3, -0.25) is 0 Å². The highest BCUT2D eigenvalue weighted by atomic mass is 19.4. The molecule has 0 heterocycles. The van der Waals surface area contributed by atoms with E-state index in [9.17, 15) is 13.2 Å². The number of nitrogens with zero attached hydrogens (tertiary/aromatic N) is 1. The fraction of sp³-hybridized carbons (Fsp3) is 0.0714. The zero-order chi connectivity index (χ0) is 14.6. The summed E-state index contributed by atoms with van der Waals surface area (Å²) in [5, 5.41) is 11.2. The van der Waals surface area contributed by atoms with Crippen LogP contribution in [0.4, 0.5) is 13.2 Å². The van der Waals surface area contributed by atoms with Crippen molar-refractivity contribution in [3.8, 4) is 11.5 Å². The van der Waals surface area contributed by atoms with E-state index in [1.807, 2.05) is 0 Å². The number of halogens is 3. The molecule has 0 aliphatic carbocycles. The minimum atomic E-state index is -4.36. The third-order valence-electron chi connectivity index (χ3n) is 2.50. The normalized spacial score (nSPS) is 11.8. The maximum Gasteiger partial charge on any atom is 0.416 e. The average Bonchev–Trinajstić information content (AvgIpc) is 2.41. The van der Waals surface area contributed by atoms with Gasteiger partial charge in [0.25, 0.3) is 0 Å². The van der Waals surface area contributed by atoms with Crippen molar-refractivity contribution in [1.29, 1.82) is 0 Å². The monoisotopic (exact) mass is 281 g/mol. The Balaban J connectivity index is 2.10. The Labute approximate surface area is 112 Å². The Bertz CT molecular complexity index is 589. The summed E-state index contributed by atoms with van der Waals surface area (Å²) >= 11 is 0. The first kappa shape index (κ1) is 13.9. The molecule has 2 rings (SSSR count). The van der Waals surface area contributed by atoms with Crippen LogP contribution in [0.3, 0.4) is 0 Å². The number of alkyl halides is 3. The van der Waals surface area contributed by atoms with Crippen LogP contribution in [0.5, 0.6) is 11.5 Å². The van der Waals surface area contributed by atoms with E-state index >= 15 is 0 Å². The third-order valence-corrected chi connectivity index (χ3v) is 2.50. The lowest BCUT2D eigenvalue weighted by molar-refractivity contribution is -0.137. The highest BCUT2D eigenvalue weighted by Crippen LogP contribution is 2.31. The molecule has 0 saturated carbocycles. The molecule has 0 unspecified atom stereocenters. The van der Waals surface area contributed by atoms with Crippen LogP contribution in [0.25, 0.3) is 0 Å². The number of benzene rings is 2. The van der Waals surface area contributed by atoms with Crippen molar-refractivity contribution in [1.82, 2.24) is 0 Å². The van der Waals surface area contributed by atoms with E-state index in [2.05, 4.69) is 5.16 Å². The molecular formula is C14H10F3NO2. The third kappa shape index (κ3) is 3.50. The molecule has 2 aromatic rings. The number of ether oxygens (including phenoxy) is 1. The average molecular weight is 281 g/mol. The lowest BCUT2D eigenvalue weighted by Crippen LogP contribution is -2.03. The van der Waals surface area contributed by atoms with Crippen molar-refractivity contribution in [2.24, 2.45) is 5.16 Å². The van der Waals surface area contributed by atoms with Crippen LogP contribution in [0.2, 0.25) is 0 Å². The van der Waals surface area contributed by atoms with E-state index < -0.39 is 11.7 Å². The summed E-state index contributed by atoms with van der Waals surface area (Å²) in [5.41, 5.74) is -0.0494. The van der Waals surface area contributed by atoms with Crippen molar-refractivity contribution in [3.63, 3.8) is 0 Å². The van der Waals surface area contributed by atoms with E-state index in [0.29, 0.717) is 17.1 Å². The van der Waals surface area contributed by atoms with E-state index in [4.69, 9.17) is 9.94 Å². The Kier molecular flexibility index (Phi) is 3.93. The minimum absolute atomic E-state index is 0.307. The van der Waals surface area contributed by atoms with E-state index in [0.717, 1.165) is 12.1 Å². The Morgan fingerprint density at radius 2 is 1.40 bits per heavy atom. The molecule has 0 aliphatic heterocycles. The topological polar surface area (TPSA) is 41.8 Å². The first-order valence-corrected chi connectivity index (χ1v) is 5.61. The molecule has 20 heavy (non-hydrogen) atoms. The van der Waals surface area contributed by atoms with E-state index in [1.54, 1.807) is 24.3 Å². The van der Waals surface area contributed by atoms with Gasteiger partial charge in [0.05, 0.1) is 11.8 Å². The predicted octanol–water partition coefficient (Wildman–Crippen LogP) is 4.31. The summed E-state index contributed by atoms with van der Waals surface area (Å²) in [6.07, 6.45) is -3.11. The standard InChI is InChI=1S/C14H10F3NO2/c15-14(16,17)11-3-7-13(8-4-11)20-12-5-1-10(2-6-12)9-18-19/h1-9,19H. The lowest BCUT2D eigenvalue weighted by atomic mass is 10.2. The van der Waals surface area contributed by atoms with Crippen molar-refractivity contribution in [2.75, 3.05) is 0 Å². The van der Waals surface area contributed by atoms with Crippen molar-refractivity contribution >= 4 is 6.21 Å². The molecule has 0 saturated heterocycles. The Hall–Kier alpha value is -2.50. The molecule has 3 nitrogen and oxygen atoms in total. The number of hydrogen-bond acceptors (Lipinski definition) is 3. The van der Waals surface area contributed by atoms with Crippen LogP contribution in [-0.4, -0.2) is 11.4 Å². The molecule has 0 amide bonds. The van der Waals surface area contributed by atoms with Gasteiger partial charge in [-0.25, -0.2) is 0 Å². The zero-order valence-corrected chi connectivity index (χ0v) is 10.1. The largest absolute Gasteiger partial charge is 0.457 e. The quantitative estimate of drug-likeness (QED) is 0.517. The van der Waals surface area contributed by atoms with Gasteiger partial charge in [0.2, 0.25) is 0 Å². The zero-order valence-electron chi connectivity index (χ0n) is 10.1. The maximum atomic E-state index is 12.4. The molecule has 104 valence electrons. The van der Waals surface area contributed by atoms with E-state index in [1.165, 1.54) is 18.3 Å². The summed E-state index contributed by atoms with van der Waals surface area (Å²) in [6.45, 7) is 0. The molecule has 6 heteroatoms. The van der Waals surface area contributed by atoms with E-state index in [-0.39, 0.29) is 0 Å². The van der Waals surface area contributed by atoms with Crippen molar-refractivity contribution in [3.05, 3.63) is 59.7 Å². The van der Waals surface area contributed by atoms with Crippen molar-refractivity contribution in [2.45, 2.75) is 6.18 Å². The summed E-state index contributed by atoms with van der Waals surface area (Å²) in [4.78, 5) is 0. The van der Waals surface area contributed by atoms with Gasteiger partial charge >= 0.3 is 6.18 Å². The molecule has 0 radical (unpaired) electrons. The van der Waals surface area contributed by atoms with Gasteiger partial charge < -0.3 is 9.94 Å². The molecule has 0 spiro atoms. The Morgan fingerprint density at radius 1 is 0.900 bits per heavy atom. The van der Waals surface area contributed by atoms with Crippen LogP contribution in [0.15, 0.2) is 53.7 Å². The minimum Gasteiger partial charge on any atom is -0.457 e. The molecule has 0 atom stereocenters. The van der Waals surface area contributed by atoms with Crippen molar-refractivity contribution < 1.29 is 23.1 Å². The second-order valence-corrected chi connectivity index (χ2v) is 3.94. The number of rotatable bonds is 3. The number of oxime groups is 1. The highest BCUT2D eigenvalue weighted by molar-refractivity contribution is 5.79. The van der Waals surface area contributed by atoms with Gasteiger partial charge in [0.15, 0.2) is 0 Å². The van der Waals surface area contributed by atoms with Gasteiger partial charge in [0.1, 0.15) is 11.5 Å². The van der Waals surface area contributed by atoms with Gasteiger partial charge in [-0.1, -0.05) is 5.16 Å². The second kappa shape index (κ2) is 5.64. The Morgan fingerprint density at radius 3 is 1.85 bits per heavy atom. The molecule has 0 aliphatic rings.